The van der Waals surface area contributed by atoms with Gasteiger partial charge < -0.3 is 10.4 Å². The Morgan fingerprint density at radius 1 is 1.37 bits per heavy atom. The first-order valence-corrected chi connectivity index (χ1v) is 6.99. The number of nitrogens with one attached hydrogen (secondary N) is 1. The molecule has 1 aromatic carbocycles. The smallest absolute Gasteiger partial charge is 0.335 e. The summed E-state index contributed by atoms with van der Waals surface area (Å²) in [5, 5.41) is 12.5. The van der Waals surface area contributed by atoms with Gasteiger partial charge in [0.2, 0.25) is 0 Å². The third-order valence-corrected chi connectivity index (χ3v) is 4.35. The number of benzene rings is 1. The van der Waals surface area contributed by atoms with Gasteiger partial charge in [-0.1, -0.05) is 11.6 Å². The maximum Gasteiger partial charge on any atom is 0.335 e. The number of hydrogen-bond donors (Lipinski definition) is 2. The van der Waals surface area contributed by atoms with Gasteiger partial charge in [0.25, 0.3) is 0 Å². The van der Waals surface area contributed by atoms with Crippen LogP contribution < -0.4 is 5.32 Å². The number of aryl methyl sites for hydroxylation is 2. The van der Waals surface area contributed by atoms with Crippen LogP contribution in [0.5, 0.6) is 0 Å². The lowest BCUT2D eigenvalue weighted by Crippen LogP contribution is -2.00. The summed E-state index contributed by atoms with van der Waals surface area (Å²) in [7, 11) is 0. The fraction of sp³-hybridized carbons (Fsp3) is 0.214. The molecule has 3 nitrogen and oxygen atoms in total. The molecular formula is C14H14ClNO2S. The summed E-state index contributed by atoms with van der Waals surface area (Å²) in [6.07, 6.45) is 0. The van der Waals surface area contributed by atoms with Crippen molar-refractivity contribution in [3.05, 3.63) is 50.2 Å². The zero-order valence-electron chi connectivity index (χ0n) is 10.7. The molecule has 0 atom stereocenters. The molecule has 0 bridgehead atoms. The van der Waals surface area contributed by atoms with Crippen molar-refractivity contribution in [2.24, 2.45) is 0 Å². The first kappa shape index (κ1) is 13.9. The number of carboxylic acids is 1. The molecule has 0 aliphatic carbocycles. The highest BCUT2D eigenvalue weighted by molar-refractivity contribution is 7.12. The molecule has 2 N–H and O–H groups in total. The van der Waals surface area contributed by atoms with Gasteiger partial charge in [-0.05, 0) is 43.7 Å². The number of aromatic carboxylic acids is 1. The maximum absolute atomic E-state index is 10.8. The van der Waals surface area contributed by atoms with Crippen LogP contribution in [0.1, 0.15) is 25.7 Å². The lowest BCUT2D eigenvalue weighted by Gasteiger charge is -2.07. The van der Waals surface area contributed by atoms with Crippen molar-refractivity contribution in [2.75, 3.05) is 5.32 Å². The summed E-state index contributed by atoms with van der Waals surface area (Å²) in [6.45, 7) is 4.87. The molecule has 0 spiro atoms. The van der Waals surface area contributed by atoms with E-state index in [9.17, 15) is 4.79 Å². The molecular weight excluding hydrogens is 282 g/mol. The van der Waals surface area contributed by atoms with Gasteiger partial charge in [0.05, 0.1) is 16.3 Å². The predicted molar refractivity (Wildman–Crippen MR) is 79.5 cm³/mol. The second-order valence-electron chi connectivity index (χ2n) is 4.31. The molecule has 1 aromatic heterocycles. The Hall–Kier alpha value is -1.52. The Balaban J connectivity index is 2.09. The Morgan fingerprint density at radius 3 is 2.63 bits per heavy atom. The van der Waals surface area contributed by atoms with Crippen LogP contribution in [0.25, 0.3) is 0 Å². The number of thiophene rings is 1. The molecule has 0 fully saturated rings. The highest BCUT2D eigenvalue weighted by Crippen LogP contribution is 2.26. The van der Waals surface area contributed by atoms with Crippen LogP contribution in [0.3, 0.4) is 0 Å². The van der Waals surface area contributed by atoms with Gasteiger partial charge in [0, 0.05) is 16.3 Å². The monoisotopic (exact) mass is 295 g/mol. The van der Waals surface area contributed by atoms with Crippen LogP contribution in [0.4, 0.5) is 5.69 Å². The molecule has 0 amide bonds. The van der Waals surface area contributed by atoms with E-state index in [1.165, 1.54) is 21.4 Å². The van der Waals surface area contributed by atoms with E-state index in [0.29, 0.717) is 11.6 Å². The standard InChI is InChI=1S/C14H14ClNO2S/c1-8-5-11(19-9(8)2)7-16-13-4-3-10(14(17)18)6-12(13)15/h3-6,16H,7H2,1-2H3,(H,17,18). The highest BCUT2D eigenvalue weighted by atomic mass is 35.5. The quantitative estimate of drug-likeness (QED) is 0.882. The molecule has 2 rings (SSSR count). The molecule has 0 saturated carbocycles. The van der Waals surface area contributed by atoms with E-state index in [0.717, 1.165) is 5.69 Å². The number of carbonyl (C=O) groups is 1. The average molecular weight is 296 g/mol. The average Bonchev–Trinajstić information content (AvgIpc) is 2.67. The van der Waals surface area contributed by atoms with E-state index in [4.69, 9.17) is 16.7 Å². The first-order chi connectivity index (χ1) is 8.97. The minimum absolute atomic E-state index is 0.193. The maximum atomic E-state index is 10.8. The summed E-state index contributed by atoms with van der Waals surface area (Å²) in [5.74, 6) is -0.974. The molecule has 0 saturated heterocycles. The van der Waals surface area contributed by atoms with Crippen molar-refractivity contribution in [3.63, 3.8) is 0 Å². The molecule has 19 heavy (non-hydrogen) atoms. The largest absolute Gasteiger partial charge is 0.478 e. The molecule has 2 aromatic rings. The van der Waals surface area contributed by atoms with Crippen molar-refractivity contribution in [2.45, 2.75) is 20.4 Å². The van der Waals surface area contributed by atoms with E-state index >= 15 is 0 Å². The zero-order chi connectivity index (χ0) is 14.0. The van der Waals surface area contributed by atoms with Gasteiger partial charge in [-0.3, -0.25) is 0 Å². The lowest BCUT2D eigenvalue weighted by atomic mass is 10.2. The summed E-state index contributed by atoms with van der Waals surface area (Å²) in [4.78, 5) is 13.3. The van der Waals surface area contributed by atoms with E-state index in [1.807, 2.05) is 0 Å². The highest BCUT2D eigenvalue weighted by Gasteiger charge is 2.07. The molecule has 5 heteroatoms. The Bertz CT molecular complexity index is 602. The van der Waals surface area contributed by atoms with Gasteiger partial charge in [0.15, 0.2) is 0 Å². The van der Waals surface area contributed by atoms with E-state index in [1.54, 1.807) is 23.5 Å². The minimum atomic E-state index is -0.974. The number of anilines is 1. The van der Waals surface area contributed by atoms with Crippen molar-refractivity contribution in [1.82, 2.24) is 0 Å². The summed E-state index contributed by atoms with van der Waals surface area (Å²) in [6, 6.07) is 6.84. The van der Waals surface area contributed by atoms with Gasteiger partial charge in [-0.15, -0.1) is 11.3 Å². The summed E-state index contributed by atoms with van der Waals surface area (Å²) >= 11 is 7.80. The van der Waals surface area contributed by atoms with Gasteiger partial charge in [-0.25, -0.2) is 4.79 Å². The molecule has 100 valence electrons. The molecule has 1 heterocycles. The second kappa shape index (κ2) is 5.63. The van der Waals surface area contributed by atoms with Gasteiger partial charge in [0.1, 0.15) is 0 Å². The molecule has 0 aliphatic rings. The van der Waals surface area contributed by atoms with Gasteiger partial charge >= 0.3 is 5.97 Å². The third kappa shape index (κ3) is 3.28. The van der Waals surface area contributed by atoms with Crippen LogP contribution in [0.15, 0.2) is 24.3 Å². The molecule has 0 radical (unpaired) electrons. The van der Waals surface area contributed by atoms with E-state index in [-0.39, 0.29) is 5.56 Å². The first-order valence-electron chi connectivity index (χ1n) is 5.80. The Labute approximate surface area is 120 Å². The topological polar surface area (TPSA) is 49.3 Å². The number of carboxylic acid groups (broad SMARTS) is 1. The van der Waals surface area contributed by atoms with Gasteiger partial charge in [-0.2, -0.15) is 0 Å². The number of hydrogen-bond acceptors (Lipinski definition) is 3. The second-order valence-corrected chi connectivity index (χ2v) is 6.05. The van der Waals surface area contributed by atoms with Crippen LogP contribution in [0, 0.1) is 13.8 Å². The van der Waals surface area contributed by atoms with Crippen molar-refractivity contribution < 1.29 is 9.90 Å². The Kier molecular flexibility index (Phi) is 4.12. The lowest BCUT2D eigenvalue weighted by molar-refractivity contribution is 0.0697. The fourth-order valence-electron chi connectivity index (χ4n) is 1.71. The van der Waals surface area contributed by atoms with Crippen molar-refractivity contribution >= 4 is 34.6 Å². The molecule has 0 aliphatic heterocycles. The van der Waals surface area contributed by atoms with Crippen molar-refractivity contribution in [1.29, 1.82) is 0 Å². The fourth-order valence-corrected chi connectivity index (χ4v) is 2.95. The summed E-state index contributed by atoms with van der Waals surface area (Å²) < 4.78 is 0. The van der Waals surface area contributed by atoms with Crippen LogP contribution in [0.2, 0.25) is 5.02 Å². The van der Waals surface area contributed by atoms with Crippen LogP contribution >= 0.6 is 22.9 Å². The van der Waals surface area contributed by atoms with Crippen molar-refractivity contribution in [3.8, 4) is 0 Å². The van der Waals surface area contributed by atoms with E-state index < -0.39 is 5.97 Å². The normalized spacial score (nSPS) is 10.5. The summed E-state index contributed by atoms with van der Waals surface area (Å²) in [5.41, 5.74) is 2.22. The number of rotatable bonds is 4. The third-order valence-electron chi connectivity index (χ3n) is 2.89. The Morgan fingerprint density at radius 2 is 2.11 bits per heavy atom. The minimum Gasteiger partial charge on any atom is -0.478 e. The zero-order valence-corrected chi connectivity index (χ0v) is 12.2. The number of halogens is 1. The molecule has 0 unspecified atom stereocenters. The SMILES string of the molecule is Cc1cc(CNc2ccc(C(=O)O)cc2Cl)sc1C. The van der Waals surface area contributed by atoms with E-state index in [2.05, 4.69) is 25.2 Å². The predicted octanol–water partition coefficient (Wildman–Crippen LogP) is 4.33. The van der Waals surface area contributed by atoms with Crippen LogP contribution in [-0.2, 0) is 6.54 Å². The van der Waals surface area contributed by atoms with Crippen LogP contribution in [-0.4, -0.2) is 11.1 Å².